The van der Waals surface area contributed by atoms with Gasteiger partial charge in [-0.1, -0.05) is 61.9 Å². The van der Waals surface area contributed by atoms with Crippen molar-refractivity contribution in [2.24, 2.45) is 5.73 Å². The van der Waals surface area contributed by atoms with E-state index in [1.807, 2.05) is 12.1 Å². The molecule has 5 heteroatoms. The number of carbonyl (C=O) groups excluding carboxylic acids is 1. The molecule has 35 heavy (non-hydrogen) atoms. The molecule has 0 spiro atoms. The summed E-state index contributed by atoms with van der Waals surface area (Å²) < 4.78 is 0. The largest absolute Gasteiger partial charge is 0.400 e. The van der Waals surface area contributed by atoms with Crippen molar-refractivity contribution in [3.63, 3.8) is 0 Å². The van der Waals surface area contributed by atoms with Crippen LogP contribution >= 0.6 is 0 Å². The van der Waals surface area contributed by atoms with Crippen molar-refractivity contribution in [1.29, 1.82) is 0 Å². The lowest BCUT2D eigenvalue weighted by molar-refractivity contribution is 0.101. The Kier molecular flexibility index (Phi) is 9.65. The van der Waals surface area contributed by atoms with E-state index in [-0.39, 0.29) is 5.78 Å². The first kappa shape index (κ1) is 26.2. The standard InChI is InChI=1S/C29H31N3O.CH4O/c1-3-4-7-25-17-29-27(19-31-25)26(20(2)33)18-28(32-29)24-14-12-23(13-15-24)22-10-8-21(9-11-22)6-5-16-30;1-2/h8-15,17-19H,3-7,16,30H2,1-2H3;2H,1H3. The molecule has 0 bridgehead atoms. The number of benzene rings is 2. The van der Waals surface area contributed by atoms with Crippen molar-refractivity contribution >= 4 is 16.7 Å². The summed E-state index contributed by atoms with van der Waals surface area (Å²) in [5.74, 6) is 0.0260. The van der Waals surface area contributed by atoms with Crippen molar-refractivity contribution in [2.75, 3.05) is 13.7 Å². The average molecular weight is 470 g/mol. The highest BCUT2D eigenvalue weighted by molar-refractivity contribution is 6.07. The van der Waals surface area contributed by atoms with Crippen LogP contribution in [0.5, 0.6) is 0 Å². The molecule has 0 aliphatic heterocycles. The van der Waals surface area contributed by atoms with Crippen molar-refractivity contribution < 1.29 is 9.90 Å². The van der Waals surface area contributed by atoms with E-state index in [1.165, 1.54) is 11.1 Å². The lowest BCUT2D eigenvalue weighted by atomic mass is 9.99. The SMILES string of the molecule is CCCCc1cc2nc(-c3ccc(-c4ccc(CCCN)cc4)cc3)cc(C(C)=O)c2cn1.CO. The van der Waals surface area contributed by atoms with Gasteiger partial charge in [-0.05, 0) is 68.0 Å². The number of aryl methyl sites for hydroxylation is 2. The number of ketones is 1. The minimum Gasteiger partial charge on any atom is -0.400 e. The Hall–Kier alpha value is -3.41. The van der Waals surface area contributed by atoms with E-state index in [2.05, 4.69) is 60.4 Å². The summed E-state index contributed by atoms with van der Waals surface area (Å²) in [4.78, 5) is 21.8. The molecule has 3 N–H and O–H groups in total. The van der Waals surface area contributed by atoms with Crippen molar-refractivity contribution in [1.82, 2.24) is 9.97 Å². The smallest absolute Gasteiger partial charge is 0.160 e. The molecule has 0 amide bonds. The summed E-state index contributed by atoms with van der Waals surface area (Å²) in [6, 6.07) is 21.0. The van der Waals surface area contributed by atoms with Gasteiger partial charge < -0.3 is 10.8 Å². The molecule has 0 aliphatic carbocycles. The van der Waals surface area contributed by atoms with Gasteiger partial charge in [0.1, 0.15) is 0 Å². The summed E-state index contributed by atoms with van der Waals surface area (Å²) >= 11 is 0. The third kappa shape index (κ3) is 6.59. The summed E-state index contributed by atoms with van der Waals surface area (Å²) in [5.41, 5.74) is 13.6. The van der Waals surface area contributed by atoms with E-state index in [0.717, 1.165) is 72.6 Å². The molecule has 2 aromatic carbocycles. The lowest BCUT2D eigenvalue weighted by Gasteiger charge is -2.10. The van der Waals surface area contributed by atoms with Gasteiger partial charge in [-0.2, -0.15) is 0 Å². The number of hydrogen-bond donors (Lipinski definition) is 2. The number of aromatic nitrogens is 2. The Morgan fingerprint density at radius 2 is 1.51 bits per heavy atom. The van der Waals surface area contributed by atoms with Crippen molar-refractivity contribution in [3.05, 3.63) is 83.7 Å². The zero-order valence-electron chi connectivity index (χ0n) is 20.9. The van der Waals surface area contributed by atoms with Crippen LogP contribution in [-0.4, -0.2) is 34.5 Å². The van der Waals surface area contributed by atoms with Gasteiger partial charge in [0, 0.05) is 35.5 Å². The fourth-order valence-electron chi connectivity index (χ4n) is 4.10. The molecule has 0 saturated heterocycles. The first-order valence-corrected chi connectivity index (χ1v) is 12.2. The summed E-state index contributed by atoms with van der Waals surface area (Å²) in [7, 11) is 1.00. The van der Waals surface area contributed by atoms with Crippen LogP contribution in [0.2, 0.25) is 0 Å². The minimum atomic E-state index is 0.0260. The van der Waals surface area contributed by atoms with E-state index in [9.17, 15) is 4.79 Å². The van der Waals surface area contributed by atoms with E-state index in [0.29, 0.717) is 12.1 Å². The first-order valence-electron chi connectivity index (χ1n) is 12.2. The number of nitrogens with two attached hydrogens (primary N) is 1. The fraction of sp³-hybridized carbons (Fsp3) is 0.300. The third-order valence-electron chi connectivity index (χ3n) is 6.05. The number of fused-ring (bicyclic) bond motifs is 1. The number of nitrogens with zero attached hydrogens (tertiary/aromatic N) is 2. The molecular formula is C30H35N3O2. The molecule has 4 aromatic rings. The number of hydrogen-bond acceptors (Lipinski definition) is 5. The monoisotopic (exact) mass is 469 g/mol. The molecule has 5 nitrogen and oxygen atoms in total. The molecule has 2 aromatic heterocycles. The molecule has 0 saturated carbocycles. The second-order valence-corrected chi connectivity index (χ2v) is 8.57. The number of aliphatic hydroxyl groups excluding tert-OH is 1. The summed E-state index contributed by atoms with van der Waals surface area (Å²) in [6.07, 6.45) is 6.95. The molecule has 0 unspecified atom stereocenters. The first-order chi connectivity index (χ1) is 17.1. The van der Waals surface area contributed by atoms with Gasteiger partial charge in [0.15, 0.2) is 5.78 Å². The van der Waals surface area contributed by atoms with Gasteiger partial charge in [-0.15, -0.1) is 0 Å². The molecule has 182 valence electrons. The normalized spacial score (nSPS) is 10.7. The highest BCUT2D eigenvalue weighted by atomic mass is 16.2. The van der Waals surface area contributed by atoms with Crippen molar-refractivity contribution in [3.8, 4) is 22.4 Å². The van der Waals surface area contributed by atoms with Gasteiger partial charge in [0.2, 0.25) is 0 Å². The van der Waals surface area contributed by atoms with Gasteiger partial charge in [0.05, 0.1) is 11.2 Å². The van der Waals surface area contributed by atoms with E-state index < -0.39 is 0 Å². The Bertz CT molecular complexity index is 1250. The maximum atomic E-state index is 12.4. The van der Waals surface area contributed by atoms with Crippen LogP contribution in [0.3, 0.4) is 0 Å². The molecule has 0 atom stereocenters. The van der Waals surface area contributed by atoms with Crippen LogP contribution in [0.25, 0.3) is 33.3 Å². The van der Waals surface area contributed by atoms with Crippen LogP contribution in [0, 0.1) is 0 Å². The topological polar surface area (TPSA) is 89.1 Å². The quantitative estimate of drug-likeness (QED) is 0.293. The van der Waals surface area contributed by atoms with Crippen LogP contribution in [0.1, 0.15) is 54.7 Å². The summed E-state index contributed by atoms with van der Waals surface area (Å²) in [6.45, 7) is 4.49. The molecule has 0 radical (unpaired) electrons. The molecule has 4 rings (SSSR count). The second kappa shape index (κ2) is 12.9. The predicted molar refractivity (Wildman–Crippen MR) is 145 cm³/mol. The molecule has 0 fully saturated rings. The number of unbranched alkanes of at least 4 members (excludes halogenated alkanes) is 1. The average Bonchev–Trinajstić information content (AvgIpc) is 2.91. The molecule has 0 aliphatic rings. The van der Waals surface area contributed by atoms with Gasteiger partial charge in [0.25, 0.3) is 0 Å². The predicted octanol–water partition coefficient (Wildman–Crippen LogP) is 6.01. The van der Waals surface area contributed by atoms with E-state index >= 15 is 0 Å². The van der Waals surface area contributed by atoms with Gasteiger partial charge in [-0.25, -0.2) is 4.98 Å². The zero-order chi connectivity index (χ0) is 25.2. The Morgan fingerprint density at radius 3 is 2.11 bits per heavy atom. The Morgan fingerprint density at radius 1 is 0.886 bits per heavy atom. The summed E-state index contributed by atoms with van der Waals surface area (Å²) in [5, 5.41) is 7.82. The number of carbonyl (C=O) groups is 1. The molecule has 2 heterocycles. The van der Waals surface area contributed by atoms with E-state index in [4.69, 9.17) is 15.8 Å². The Labute approximate surface area is 208 Å². The third-order valence-corrected chi connectivity index (χ3v) is 6.05. The lowest BCUT2D eigenvalue weighted by Crippen LogP contribution is -2.00. The second-order valence-electron chi connectivity index (χ2n) is 8.57. The zero-order valence-corrected chi connectivity index (χ0v) is 20.9. The van der Waals surface area contributed by atoms with E-state index in [1.54, 1.807) is 13.1 Å². The fourth-order valence-corrected chi connectivity index (χ4v) is 4.10. The Balaban J connectivity index is 0.00000167. The maximum Gasteiger partial charge on any atom is 0.160 e. The number of Topliss-reactive ketones (excluding diaryl/α,β-unsaturated/α-hetero) is 1. The minimum absolute atomic E-state index is 0.0260. The van der Waals surface area contributed by atoms with Gasteiger partial charge in [-0.3, -0.25) is 9.78 Å². The van der Waals surface area contributed by atoms with Crippen LogP contribution in [0.15, 0.2) is 66.9 Å². The molecular weight excluding hydrogens is 434 g/mol. The van der Waals surface area contributed by atoms with Gasteiger partial charge >= 0.3 is 0 Å². The van der Waals surface area contributed by atoms with Crippen LogP contribution in [-0.2, 0) is 12.8 Å². The van der Waals surface area contributed by atoms with Crippen LogP contribution < -0.4 is 5.73 Å². The van der Waals surface area contributed by atoms with Crippen molar-refractivity contribution in [2.45, 2.75) is 46.0 Å². The maximum absolute atomic E-state index is 12.4. The number of rotatable bonds is 9. The number of pyridine rings is 2. The van der Waals surface area contributed by atoms with Crippen LogP contribution in [0.4, 0.5) is 0 Å². The highest BCUT2D eigenvalue weighted by Gasteiger charge is 2.12. The highest BCUT2D eigenvalue weighted by Crippen LogP contribution is 2.28. The number of aliphatic hydroxyl groups is 1.